The molecule has 0 amide bonds. The summed E-state index contributed by atoms with van der Waals surface area (Å²) in [6, 6.07) is 13.8. The average Bonchev–Trinajstić information content (AvgIpc) is 2.46. The average molecular weight is 345 g/mol. The van der Waals surface area contributed by atoms with E-state index in [1.165, 1.54) is 12.1 Å². The third-order valence-electron chi connectivity index (χ3n) is 2.97. The van der Waals surface area contributed by atoms with Gasteiger partial charge in [-0.05, 0) is 23.3 Å². The van der Waals surface area contributed by atoms with Crippen LogP contribution in [0.25, 0.3) is 0 Å². The van der Waals surface area contributed by atoms with Gasteiger partial charge in [-0.25, -0.2) is 0 Å². The highest BCUT2D eigenvalue weighted by Crippen LogP contribution is 2.37. The second-order valence-corrected chi connectivity index (χ2v) is 5.36. The summed E-state index contributed by atoms with van der Waals surface area (Å²) >= 11 is 3.37. The van der Waals surface area contributed by atoms with Gasteiger partial charge in [0, 0.05) is 0 Å². The number of hydrogen-bond acceptors (Lipinski definition) is 1. The van der Waals surface area contributed by atoms with Gasteiger partial charge in [-0.2, -0.15) is 13.2 Å². The molecule has 1 N–H and O–H groups in total. The van der Waals surface area contributed by atoms with Crippen molar-refractivity contribution >= 4 is 15.9 Å². The molecule has 0 saturated heterocycles. The number of benzene rings is 2. The lowest BCUT2D eigenvalue weighted by Crippen LogP contribution is -2.08. The molecule has 5 heteroatoms. The summed E-state index contributed by atoms with van der Waals surface area (Å²) in [6.45, 7) is 0. The molecule has 0 radical (unpaired) electrons. The van der Waals surface area contributed by atoms with E-state index in [-0.39, 0.29) is 4.83 Å². The molecule has 0 aliphatic rings. The van der Waals surface area contributed by atoms with Crippen LogP contribution < -0.4 is 0 Å². The number of alkyl halides is 4. The van der Waals surface area contributed by atoms with Crippen LogP contribution in [0.1, 0.15) is 27.6 Å². The number of halogens is 4. The van der Waals surface area contributed by atoms with Crippen molar-refractivity contribution in [2.24, 2.45) is 0 Å². The van der Waals surface area contributed by atoms with E-state index in [9.17, 15) is 18.3 Å². The van der Waals surface area contributed by atoms with E-state index < -0.39 is 17.8 Å². The van der Waals surface area contributed by atoms with Crippen molar-refractivity contribution in [1.29, 1.82) is 0 Å². The Kier molecular flexibility index (Phi) is 4.50. The summed E-state index contributed by atoms with van der Waals surface area (Å²) in [4.78, 5) is -0.375. The van der Waals surface area contributed by atoms with Crippen molar-refractivity contribution in [1.82, 2.24) is 0 Å². The first-order chi connectivity index (χ1) is 9.39. The fraction of sp³-hybridized carbons (Fsp3) is 0.200. The third kappa shape index (κ3) is 3.41. The SMILES string of the molecule is OC(c1ccc(C(F)(F)F)cc1)C(Br)c1ccccc1. The van der Waals surface area contributed by atoms with Gasteiger partial charge >= 0.3 is 6.18 Å². The molecule has 0 bridgehead atoms. The normalized spacial score (nSPS) is 14.8. The highest BCUT2D eigenvalue weighted by atomic mass is 79.9. The Hall–Kier alpha value is -1.33. The lowest BCUT2D eigenvalue weighted by Gasteiger charge is -2.18. The van der Waals surface area contributed by atoms with E-state index in [0.717, 1.165) is 17.7 Å². The van der Waals surface area contributed by atoms with E-state index in [1.54, 1.807) is 0 Å². The topological polar surface area (TPSA) is 20.2 Å². The molecule has 0 saturated carbocycles. The summed E-state index contributed by atoms with van der Waals surface area (Å²) in [7, 11) is 0. The molecular weight excluding hydrogens is 333 g/mol. The van der Waals surface area contributed by atoms with Gasteiger partial charge in [-0.3, -0.25) is 0 Å². The first kappa shape index (κ1) is 15.1. The van der Waals surface area contributed by atoms with Crippen LogP contribution >= 0.6 is 15.9 Å². The zero-order chi connectivity index (χ0) is 14.8. The quantitative estimate of drug-likeness (QED) is 0.787. The minimum Gasteiger partial charge on any atom is -0.387 e. The Morgan fingerprint density at radius 2 is 1.40 bits per heavy atom. The van der Waals surface area contributed by atoms with Gasteiger partial charge in [0.15, 0.2) is 0 Å². The predicted molar refractivity (Wildman–Crippen MR) is 74.5 cm³/mol. The molecule has 0 heterocycles. The molecule has 0 fully saturated rings. The maximum absolute atomic E-state index is 12.5. The number of aliphatic hydroxyl groups is 1. The molecule has 1 nitrogen and oxygen atoms in total. The number of rotatable bonds is 3. The maximum Gasteiger partial charge on any atom is 0.416 e. The highest BCUT2D eigenvalue weighted by Gasteiger charge is 2.30. The van der Waals surface area contributed by atoms with Gasteiger partial charge in [0.1, 0.15) is 0 Å². The number of hydrogen-bond donors (Lipinski definition) is 1. The van der Waals surface area contributed by atoms with Crippen molar-refractivity contribution < 1.29 is 18.3 Å². The van der Waals surface area contributed by atoms with Gasteiger partial charge in [-0.1, -0.05) is 58.4 Å². The van der Waals surface area contributed by atoms with Crippen LogP contribution in [0.2, 0.25) is 0 Å². The second kappa shape index (κ2) is 5.97. The Morgan fingerprint density at radius 1 is 0.850 bits per heavy atom. The van der Waals surface area contributed by atoms with Crippen LogP contribution in [-0.4, -0.2) is 5.11 Å². The summed E-state index contributed by atoms with van der Waals surface area (Å²) < 4.78 is 37.4. The Morgan fingerprint density at radius 3 is 1.90 bits per heavy atom. The lowest BCUT2D eigenvalue weighted by molar-refractivity contribution is -0.137. The van der Waals surface area contributed by atoms with Gasteiger partial charge in [0.05, 0.1) is 16.5 Å². The van der Waals surface area contributed by atoms with Crippen LogP contribution in [0.3, 0.4) is 0 Å². The zero-order valence-electron chi connectivity index (χ0n) is 10.3. The molecule has 2 aromatic carbocycles. The molecule has 20 heavy (non-hydrogen) atoms. The van der Waals surface area contributed by atoms with Crippen molar-refractivity contribution in [2.45, 2.75) is 17.1 Å². The smallest absolute Gasteiger partial charge is 0.387 e. The van der Waals surface area contributed by atoms with Crippen molar-refractivity contribution in [2.75, 3.05) is 0 Å². The molecule has 2 aromatic rings. The van der Waals surface area contributed by atoms with E-state index in [4.69, 9.17) is 0 Å². The lowest BCUT2D eigenvalue weighted by atomic mass is 10.00. The summed E-state index contributed by atoms with van der Waals surface area (Å²) in [5.74, 6) is 0. The Bertz CT molecular complexity index is 552. The molecular formula is C15H12BrF3O. The van der Waals surface area contributed by atoms with E-state index in [0.29, 0.717) is 5.56 Å². The van der Waals surface area contributed by atoms with Crippen molar-refractivity contribution in [3.05, 3.63) is 71.3 Å². The van der Waals surface area contributed by atoms with Crippen LogP contribution in [0.15, 0.2) is 54.6 Å². The van der Waals surface area contributed by atoms with E-state index in [2.05, 4.69) is 15.9 Å². The number of aliphatic hydroxyl groups excluding tert-OH is 1. The van der Waals surface area contributed by atoms with Crippen molar-refractivity contribution in [3.63, 3.8) is 0 Å². The highest BCUT2D eigenvalue weighted by molar-refractivity contribution is 9.09. The fourth-order valence-corrected chi connectivity index (χ4v) is 2.47. The third-order valence-corrected chi connectivity index (χ3v) is 4.00. The molecule has 2 unspecified atom stereocenters. The van der Waals surface area contributed by atoms with Crippen LogP contribution in [0.4, 0.5) is 13.2 Å². The molecule has 0 aromatic heterocycles. The predicted octanol–water partition coefficient (Wildman–Crippen LogP) is 4.88. The molecule has 0 spiro atoms. The fourth-order valence-electron chi connectivity index (χ4n) is 1.86. The first-order valence-corrected chi connectivity index (χ1v) is 6.85. The summed E-state index contributed by atoms with van der Waals surface area (Å²) in [6.07, 6.45) is -5.28. The van der Waals surface area contributed by atoms with Crippen LogP contribution in [-0.2, 0) is 6.18 Å². The molecule has 2 atom stereocenters. The van der Waals surface area contributed by atoms with Gasteiger partial charge < -0.3 is 5.11 Å². The van der Waals surface area contributed by atoms with Gasteiger partial charge in [0.25, 0.3) is 0 Å². The van der Waals surface area contributed by atoms with Crippen LogP contribution in [0.5, 0.6) is 0 Å². The summed E-state index contributed by atoms with van der Waals surface area (Å²) in [5, 5.41) is 10.2. The second-order valence-electron chi connectivity index (χ2n) is 4.38. The Balaban J connectivity index is 2.19. The molecule has 106 valence electrons. The minimum absolute atomic E-state index is 0.375. The monoisotopic (exact) mass is 344 g/mol. The molecule has 2 rings (SSSR count). The van der Waals surface area contributed by atoms with Crippen LogP contribution in [0, 0.1) is 0 Å². The Labute approximate surface area is 123 Å². The standard InChI is InChI=1S/C15H12BrF3O/c16-13(10-4-2-1-3-5-10)14(20)11-6-8-12(9-7-11)15(17,18)19/h1-9,13-14,20H. The first-order valence-electron chi connectivity index (χ1n) is 5.94. The van der Waals surface area contributed by atoms with Crippen molar-refractivity contribution in [3.8, 4) is 0 Å². The maximum atomic E-state index is 12.5. The minimum atomic E-state index is -4.36. The molecule has 0 aliphatic carbocycles. The summed E-state index contributed by atoms with van der Waals surface area (Å²) in [5.41, 5.74) is 0.572. The molecule has 0 aliphatic heterocycles. The van der Waals surface area contributed by atoms with Gasteiger partial charge in [-0.15, -0.1) is 0 Å². The largest absolute Gasteiger partial charge is 0.416 e. The van der Waals surface area contributed by atoms with Gasteiger partial charge in [0.2, 0.25) is 0 Å². The van der Waals surface area contributed by atoms with E-state index >= 15 is 0 Å². The zero-order valence-corrected chi connectivity index (χ0v) is 11.9. The van der Waals surface area contributed by atoms with E-state index in [1.807, 2.05) is 30.3 Å².